The summed E-state index contributed by atoms with van der Waals surface area (Å²) in [7, 11) is -1.68. The molecule has 0 saturated heterocycles. The zero-order chi connectivity index (χ0) is 14.4. The van der Waals surface area contributed by atoms with E-state index in [9.17, 15) is 9.36 Å². The summed E-state index contributed by atoms with van der Waals surface area (Å²) in [4.78, 5) is 10.5. The molecule has 0 radical (unpaired) electrons. The topological polar surface area (TPSA) is 63.6 Å². The summed E-state index contributed by atoms with van der Waals surface area (Å²) in [6.45, 7) is 10.4. The lowest BCUT2D eigenvalue weighted by Crippen LogP contribution is -2.21. The van der Waals surface area contributed by atoms with E-state index in [0.29, 0.717) is 25.4 Å². The average molecular weight is 278 g/mol. The van der Waals surface area contributed by atoms with Crippen LogP contribution in [0.15, 0.2) is 0 Å². The lowest BCUT2D eigenvalue weighted by Gasteiger charge is -2.24. The third kappa shape index (κ3) is 10.8. The smallest absolute Gasteiger partial charge is 0.303 e. The Morgan fingerprint density at radius 2 is 1.78 bits per heavy atom. The fourth-order valence-electron chi connectivity index (χ4n) is 1.63. The predicted molar refractivity (Wildman–Crippen MR) is 75.1 cm³/mol. The van der Waals surface area contributed by atoms with E-state index in [2.05, 4.69) is 0 Å². The molecule has 0 bridgehead atoms. The number of hydrogen-bond donors (Lipinski definition) is 1. The summed E-state index contributed by atoms with van der Waals surface area (Å²) < 4.78 is 17.5. The van der Waals surface area contributed by atoms with Gasteiger partial charge in [0.15, 0.2) is 0 Å². The number of ether oxygens (including phenoxy) is 1. The third-order valence-electron chi connectivity index (χ3n) is 2.61. The maximum Gasteiger partial charge on any atom is 0.303 e. The number of hydrogen-bond acceptors (Lipinski definition) is 3. The molecule has 0 aliphatic heterocycles. The van der Waals surface area contributed by atoms with E-state index in [1.54, 1.807) is 0 Å². The summed E-state index contributed by atoms with van der Waals surface area (Å²) in [5.74, 6) is -0.793. The molecule has 5 heteroatoms. The lowest BCUT2D eigenvalue weighted by molar-refractivity contribution is -0.137. The van der Waals surface area contributed by atoms with Crippen LogP contribution in [0.2, 0.25) is 0 Å². The standard InChI is InChI=1S/C13H27O4P/c1-12(2,3)17-8-9-18(16)10-13(4,5)7-6-11(14)15/h18H,6-10H2,1-5H3,(H,14,15). The molecule has 0 aromatic carbocycles. The second kappa shape index (κ2) is 7.30. The Labute approximate surface area is 111 Å². The molecule has 0 amide bonds. The molecule has 0 aromatic rings. The Morgan fingerprint density at radius 3 is 2.22 bits per heavy atom. The highest BCUT2D eigenvalue weighted by molar-refractivity contribution is 7.44. The van der Waals surface area contributed by atoms with Crippen LogP contribution in [0.1, 0.15) is 47.5 Å². The first-order valence-corrected chi connectivity index (χ1v) is 8.21. The molecule has 1 unspecified atom stereocenters. The van der Waals surface area contributed by atoms with Crippen LogP contribution in [0.3, 0.4) is 0 Å². The van der Waals surface area contributed by atoms with E-state index in [1.165, 1.54) is 0 Å². The average Bonchev–Trinajstić information content (AvgIpc) is 2.12. The summed E-state index contributed by atoms with van der Waals surface area (Å²) in [5.41, 5.74) is -0.364. The van der Waals surface area contributed by atoms with Gasteiger partial charge in [-0.2, -0.15) is 0 Å². The van der Waals surface area contributed by atoms with Crippen molar-refractivity contribution in [3.8, 4) is 0 Å². The van der Waals surface area contributed by atoms with E-state index < -0.39 is 13.8 Å². The molecular formula is C13H27O4P. The van der Waals surface area contributed by atoms with Gasteiger partial charge in [-0.15, -0.1) is 0 Å². The molecule has 0 aliphatic rings. The number of rotatable bonds is 8. The van der Waals surface area contributed by atoms with Crippen LogP contribution >= 0.6 is 7.80 Å². The first kappa shape index (κ1) is 17.7. The molecule has 18 heavy (non-hydrogen) atoms. The molecule has 0 rings (SSSR count). The van der Waals surface area contributed by atoms with Crippen molar-refractivity contribution in [1.29, 1.82) is 0 Å². The van der Waals surface area contributed by atoms with Gasteiger partial charge in [0.25, 0.3) is 0 Å². The van der Waals surface area contributed by atoms with Gasteiger partial charge in [-0.1, -0.05) is 13.8 Å². The van der Waals surface area contributed by atoms with Gasteiger partial charge in [-0.25, -0.2) is 0 Å². The van der Waals surface area contributed by atoms with Crippen molar-refractivity contribution < 1.29 is 19.2 Å². The number of carboxylic acids is 1. The molecule has 0 fully saturated rings. The second-order valence-electron chi connectivity index (χ2n) is 6.48. The zero-order valence-corrected chi connectivity index (χ0v) is 13.2. The second-order valence-corrected chi connectivity index (χ2v) is 8.42. The van der Waals surface area contributed by atoms with Crippen molar-refractivity contribution in [3.63, 3.8) is 0 Å². The Balaban J connectivity index is 3.95. The minimum atomic E-state index is -1.68. The number of carboxylic acid groups (broad SMARTS) is 1. The van der Waals surface area contributed by atoms with Crippen LogP contribution in [0.5, 0.6) is 0 Å². The largest absolute Gasteiger partial charge is 0.481 e. The zero-order valence-electron chi connectivity index (χ0n) is 12.2. The van der Waals surface area contributed by atoms with Gasteiger partial charge in [0.1, 0.15) is 0 Å². The van der Waals surface area contributed by atoms with Crippen LogP contribution < -0.4 is 0 Å². The van der Waals surface area contributed by atoms with E-state index in [0.717, 1.165) is 0 Å². The monoisotopic (exact) mass is 278 g/mol. The van der Waals surface area contributed by atoms with E-state index in [1.807, 2.05) is 34.6 Å². The van der Waals surface area contributed by atoms with Gasteiger partial charge in [0.2, 0.25) is 0 Å². The van der Waals surface area contributed by atoms with E-state index in [-0.39, 0.29) is 17.4 Å². The molecule has 4 nitrogen and oxygen atoms in total. The molecule has 0 aromatic heterocycles. The molecule has 0 saturated carbocycles. The van der Waals surface area contributed by atoms with Gasteiger partial charge in [-0.05, 0) is 32.6 Å². The quantitative estimate of drug-likeness (QED) is 0.692. The Bertz CT molecular complexity index is 292. The van der Waals surface area contributed by atoms with Crippen molar-refractivity contribution in [3.05, 3.63) is 0 Å². The molecule has 0 aliphatic carbocycles. The van der Waals surface area contributed by atoms with Crippen LogP contribution in [-0.4, -0.2) is 35.6 Å². The summed E-state index contributed by atoms with van der Waals surface area (Å²) >= 11 is 0. The van der Waals surface area contributed by atoms with Crippen LogP contribution in [0.4, 0.5) is 0 Å². The fourth-order valence-corrected chi connectivity index (χ4v) is 3.38. The molecule has 1 atom stereocenters. The molecular weight excluding hydrogens is 251 g/mol. The highest BCUT2D eigenvalue weighted by atomic mass is 31.1. The highest BCUT2D eigenvalue weighted by Crippen LogP contribution is 2.34. The first-order valence-electron chi connectivity index (χ1n) is 6.39. The molecule has 0 heterocycles. The molecule has 0 spiro atoms. The van der Waals surface area contributed by atoms with Crippen molar-refractivity contribution in [2.75, 3.05) is 18.9 Å². The fraction of sp³-hybridized carbons (Fsp3) is 0.923. The van der Waals surface area contributed by atoms with Gasteiger partial charge in [0, 0.05) is 18.7 Å². The van der Waals surface area contributed by atoms with Crippen LogP contribution in [0.25, 0.3) is 0 Å². The Morgan fingerprint density at radius 1 is 1.22 bits per heavy atom. The minimum absolute atomic E-state index is 0.140. The Kier molecular flexibility index (Phi) is 7.16. The lowest BCUT2D eigenvalue weighted by atomic mass is 9.90. The first-order chi connectivity index (χ1) is 8.02. The normalized spacial score (nSPS) is 14.5. The predicted octanol–water partition coefficient (Wildman–Crippen LogP) is 3.25. The van der Waals surface area contributed by atoms with Crippen molar-refractivity contribution in [2.45, 2.75) is 53.1 Å². The van der Waals surface area contributed by atoms with Gasteiger partial charge < -0.3 is 14.4 Å². The molecule has 108 valence electrons. The SMILES string of the molecule is CC(C)(CCC(=O)O)C[PH](=O)CCOC(C)(C)C. The maximum absolute atomic E-state index is 11.9. The number of aliphatic carboxylic acids is 1. The van der Waals surface area contributed by atoms with Crippen LogP contribution in [-0.2, 0) is 14.1 Å². The van der Waals surface area contributed by atoms with Gasteiger partial charge >= 0.3 is 5.97 Å². The summed E-state index contributed by atoms with van der Waals surface area (Å²) in [6, 6.07) is 0. The van der Waals surface area contributed by atoms with Crippen LogP contribution in [0, 0.1) is 5.41 Å². The molecule has 1 N–H and O–H groups in total. The third-order valence-corrected chi connectivity index (χ3v) is 4.72. The van der Waals surface area contributed by atoms with E-state index >= 15 is 0 Å². The maximum atomic E-state index is 11.9. The Hall–Kier alpha value is -0.340. The highest BCUT2D eigenvalue weighted by Gasteiger charge is 2.22. The summed E-state index contributed by atoms with van der Waals surface area (Å²) in [6.07, 6.45) is 1.89. The summed E-state index contributed by atoms with van der Waals surface area (Å²) in [5, 5.41) is 8.65. The van der Waals surface area contributed by atoms with Gasteiger partial charge in [0.05, 0.1) is 20.0 Å². The van der Waals surface area contributed by atoms with Crippen molar-refractivity contribution in [1.82, 2.24) is 0 Å². The minimum Gasteiger partial charge on any atom is -0.481 e. The van der Waals surface area contributed by atoms with E-state index in [4.69, 9.17) is 9.84 Å². The van der Waals surface area contributed by atoms with Crippen molar-refractivity contribution in [2.24, 2.45) is 5.41 Å². The van der Waals surface area contributed by atoms with Gasteiger partial charge in [-0.3, -0.25) is 4.79 Å². The number of carbonyl (C=O) groups is 1. The van der Waals surface area contributed by atoms with Crippen molar-refractivity contribution >= 4 is 13.8 Å².